The summed E-state index contributed by atoms with van der Waals surface area (Å²) in [5, 5.41) is 0. The van der Waals surface area contributed by atoms with Crippen molar-refractivity contribution in [3.05, 3.63) is 65.2 Å². The molecule has 2 heterocycles. The number of rotatable bonds is 3. The fourth-order valence-corrected chi connectivity index (χ4v) is 3.86. The van der Waals surface area contributed by atoms with E-state index in [1.807, 2.05) is 30.3 Å². The van der Waals surface area contributed by atoms with Crippen LogP contribution in [-0.4, -0.2) is 48.0 Å². The van der Waals surface area contributed by atoms with Gasteiger partial charge in [-0.05, 0) is 23.8 Å². The van der Waals surface area contributed by atoms with Gasteiger partial charge in [-0.1, -0.05) is 30.3 Å². The monoisotopic (exact) mass is 434 g/mol. The lowest BCUT2D eigenvalue weighted by atomic mass is 9.96. The average Bonchev–Trinajstić information content (AvgIpc) is 2.77. The van der Waals surface area contributed by atoms with Gasteiger partial charge in [0.1, 0.15) is 18.9 Å². The van der Waals surface area contributed by atoms with Crippen molar-refractivity contribution < 1.29 is 32.2 Å². The second-order valence-corrected chi connectivity index (χ2v) is 7.45. The largest absolute Gasteiger partial charge is 0.493 e. The van der Waals surface area contributed by atoms with Crippen LogP contribution in [0.15, 0.2) is 48.5 Å². The third-order valence-electron chi connectivity index (χ3n) is 5.44. The molecule has 1 saturated heterocycles. The van der Waals surface area contributed by atoms with Crippen LogP contribution < -0.4 is 4.74 Å². The van der Waals surface area contributed by atoms with E-state index in [9.17, 15) is 22.8 Å². The van der Waals surface area contributed by atoms with E-state index in [0.717, 1.165) is 17.7 Å². The van der Waals surface area contributed by atoms with Crippen molar-refractivity contribution in [2.45, 2.75) is 25.2 Å². The van der Waals surface area contributed by atoms with Crippen LogP contribution in [0.1, 0.15) is 29.2 Å². The van der Waals surface area contributed by atoms with Gasteiger partial charge in [0, 0.05) is 25.1 Å². The van der Waals surface area contributed by atoms with Crippen molar-refractivity contribution in [2.75, 3.05) is 26.2 Å². The van der Waals surface area contributed by atoms with Gasteiger partial charge >= 0.3 is 12.3 Å². The molecule has 0 bridgehead atoms. The van der Waals surface area contributed by atoms with E-state index in [2.05, 4.69) is 0 Å². The molecular formula is C22H21F3N2O4. The molecule has 0 N–H and O–H groups in total. The Kier molecular flexibility index (Phi) is 5.75. The summed E-state index contributed by atoms with van der Waals surface area (Å²) in [7, 11) is 0. The zero-order valence-corrected chi connectivity index (χ0v) is 16.6. The van der Waals surface area contributed by atoms with E-state index < -0.39 is 23.9 Å². The smallest absolute Gasteiger partial charge is 0.416 e. The molecule has 1 atom stereocenters. The van der Waals surface area contributed by atoms with E-state index in [1.54, 1.807) is 0 Å². The minimum absolute atomic E-state index is 0.0988. The number of ether oxygens (including phenoxy) is 2. The molecule has 2 aliphatic rings. The molecule has 1 fully saturated rings. The fraction of sp³-hybridized carbons (Fsp3) is 0.364. The highest BCUT2D eigenvalue weighted by molar-refractivity contribution is 5.84. The van der Waals surface area contributed by atoms with Crippen LogP contribution in [0.2, 0.25) is 0 Å². The Morgan fingerprint density at radius 3 is 2.61 bits per heavy atom. The van der Waals surface area contributed by atoms with Gasteiger partial charge in [-0.15, -0.1) is 0 Å². The maximum atomic E-state index is 13.2. The summed E-state index contributed by atoms with van der Waals surface area (Å²) in [6, 6.07) is 12.0. The Hall–Kier alpha value is -3.23. The van der Waals surface area contributed by atoms with Gasteiger partial charge in [0.25, 0.3) is 0 Å². The molecule has 164 valence electrons. The SMILES string of the molecule is O=C(OCc1ccccc1)N1CCN(C2CCOc3ccc(C(F)(F)F)cc32)C(=O)C1. The quantitative estimate of drug-likeness (QED) is 0.733. The lowest BCUT2D eigenvalue weighted by molar-refractivity contribution is -0.139. The van der Waals surface area contributed by atoms with E-state index >= 15 is 0 Å². The number of carbonyl (C=O) groups is 2. The maximum absolute atomic E-state index is 13.2. The van der Waals surface area contributed by atoms with Crippen LogP contribution in [0, 0.1) is 0 Å². The molecule has 2 amide bonds. The zero-order valence-electron chi connectivity index (χ0n) is 16.6. The number of nitrogens with zero attached hydrogens (tertiary/aromatic N) is 2. The van der Waals surface area contributed by atoms with E-state index in [-0.39, 0.29) is 32.1 Å². The Morgan fingerprint density at radius 1 is 1.13 bits per heavy atom. The second kappa shape index (κ2) is 8.49. The number of piperazine rings is 1. The molecular weight excluding hydrogens is 413 g/mol. The summed E-state index contributed by atoms with van der Waals surface area (Å²) in [6.07, 6.45) is -4.69. The summed E-state index contributed by atoms with van der Waals surface area (Å²) in [6.45, 7) is 0.668. The molecule has 4 rings (SSSR count). The number of fused-ring (bicyclic) bond motifs is 1. The molecule has 0 aromatic heterocycles. The topological polar surface area (TPSA) is 59.1 Å². The first kappa shape index (κ1) is 21.0. The van der Waals surface area contributed by atoms with Crippen LogP contribution in [0.3, 0.4) is 0 Å². The van der Waals surface area contributed by atoms with Gasteiger partial charge in [0.2, 0.25) is 5.91 Å². The van der Waals surface area contributed by atoms with Crippen LogP contribution in [0.25, 0.3) is 0 Å². The molecule has 1 unspecified atom stereocenters. The third kappa shape index (κ3) is 4.60. The minimum Gasteiger partial charge on any atom is -0.493 e. The van der Waals surface area contributed by atoms with Crippen molar-refractivity contribution >= 4 is 12.0 Å². The average molecular weight is 434 g/mol. The molecule has 0 radical (unpaired) electrons. The van der Waals surface area contributed by atoms with Crippen molar-refractivity contribution in [3.63, 3.8) is 0 Å². The summed E-state index contributed by atoms with van der Waals surface area (Å²) < 4.78 is 50.2. The standard InChI is InChI=1S/C22H21F3N2O4/c23-22(24,25)16-6-7-19-17(12-16)18(8-11-30-19)27-10-9-26(13-20(27)28)21(29)31-14-15-4-2-1-3-5-15/h1-7,12,18H,8-11,13-14H2. The van der Waals surface area contributed by atoms with Crippen LogP contribution in [-0.2, 0) is 22.3 Å². The molecule has 0 aliphatic carbocycles. The lowest BCUT2D eigenvalue weighted by Gasteiger charge is -2.40. The highest BCUT2D eigenvalue weighted by Crippen LogP contribution is 2.40. The van der Waals surface area contributed by atoms with E-state index in [1.165, 1.54) is 15.9 Å². The first-order chi connectivity index (χ1) is 14.8. The molecule has 2 aliphatic heterocycles. The molecule has 6 nitrogen and oxygen atoms in total. The number of amides is 2. The molecule has 2 aromatic carbocycles. The number of hydrogen-bond acceptors (Lipinski definition) is 4. The van der Waals surface area contributed by atoms with Gasteiger partial charge < -0.3 is 14.4 Å². The lowest BCUT2D eigenvalue weighted by Crippen LogP contribution is -2.53. The summed E-state index contributed by atoms with van der Waals surface area (Å²) in [5.41, 5.74) is 0.395. The van der Waals surface area contributed by atoms with Gasteiger partial charge in [0.15, 0.2) is 0 Å². The molecule has 0 spiro atoms. The van der Waals surface area contributed by atoms with E-state index in [4.69, 9.17) is 9.47 Å². The Bertz CT molecular complexity index is 965. The number of hydrogen-bond donors (Lipinski definition) is 0. The highest BCUT2D eigenvalue weighted by atomic mass is 19.4. The predicted octanol–water partition coefficient (Wildman–Crippen LogP) is 4.01. The predicted molar refractivity (Wildman–Crippen MR) is 104 cm³/mol. The van der Waals surface area contributed by atoms with Crippen molar-refractivity contribution in [1.29, 1.82) is 0 Å². The second-order valence-electron chi connectivity index (χ2n) is 7.45. The number of halogens is 3. The molecule has 31 heavy (non-hydrogen) atoms. The molecule has 0 saturated carbocycles. The summed E-state index contributed by atoms with van der Waals surface area (Å²) in [5.74, 6) is 0.0138. The maximum Gasteiger partial charge on any atom is 0.416 e. The first-order valence-corrected chi connectivity index (χ1v) is 9.92. The molecule has 2 aromatic rings. The highest BCUT2D eigenvalue weighted by Gasteiger charge is 2.38. The van der Waals surface area contributed by atoms with Crippen LogP contribution >= 0.6 is 0 Å². The minimum atomic E-state index is -4.48. The van der Waals surface area contributed by atoms with Crippen molar-refractivity contribution in [2.24, 2.45) is 0 Å². The van der Waals surface area contributed by atoms with E-state index in [0.29, 0.717) is 24.3 Å². The summed E-state index contributed by atoms with van der Waals surface area (Å²) in [4.78, 5) is 28.0. The number of alkyl halides is 3. The zero-order chi connectivity index (χ0) is 22.0. The van der Waals surface area contributed by atoms with Gasteiger partial charge in [-0.2, -0.15) is 13.2 Å². The normalized spacial score (nSPS) is 18.9. The first-order valence-electron chi connectivity index (χ1n) is 9.92. The summed E-state index contributed by atoms with van der Waals surface area (Å²) >= 11 is 0. The van der Waals surface area contributed by atoms with Gasteiger partial charge in [-0.3, -0.25) is 9.69 Å². The Balaban J connectivity index is 1.43. The number of carbonyl (C=O) groups excluding carboxylic acids is 2. The fourth-order valence-electron chi connectivity index (χ4n) is 3.86. The number of benzene rings is 2. The van der Waals surface area contributed by atoms with Crippen molar-refractivity contribution in [3.8, 4) is 5.75 Å². The van der Waals surface area contributed by atoms with Crippen LogP contribution in [0.4, 0.5) is 18.0 Å². The van der Waals surface area contributed by atoms with Gasteiger partial charge in [-0.25, -0.2) is 4.79 Å². The van der Waals surface area contributed by atoms with Gasteiger partial charge in [0.05, 0.1) is 18.2 Å². The Labute approximate surface area is 177 Å². The molecule has 9 heteroatoms. The third-order valence-corrected chi connectivity index (χ3v) is 5.44. The Morgan fingerprint density at radius 2 is 1.90 bits per heavy atom. The van der Waals surface area contributed by atoms with Crippen LogP contribution in [0.5, 0.6) is 5.75 Å². The van der Waals surface area contributed by atoms with Crippen molar-refractivity contribution in [1.82, 2.24) is 9.80 Å².